The molecule has 0 aliphatic carbocycles. The molecule has 3 nitrogen and oxygen atoms in total. The highest BCUT2D eigenvalue weighted by Gasteiger charge is 2.08. The van der Waals surface area contributed by atoms with E-state index in [1.807, 2.05) is 25.1 Å². The molecule has 0 aliphatic rings. The van der Waals surface area contributed by atoms with Gasteiger partial charge >= 0.3 is 0 Å². The standard InChI is InChI=1S/C12H18N2OS/c1-10(13-2)12(15)14-8-9-16-11-6-4-3-5-7-11/h3-7,10,13H,8-9H2,1-2H3,(H,14,15). The van der Waals surface area contributed by atoms with Crippen LogP contribution in [-0.2, 0) is 4.79 Å². The summed E-state index contributed by atoms with van der Waals surface area (Å²) in [6.07, 6.45) is 0. The van der Waals surface area contributed by atoms with Crippen molar-refractivity contribution in [3.05, 3.63) is 30.3 Å². The van der Waals surface area contributed by atoms with E-state index in [-0.39, 0.29) is 11.9 Å². The first kappa shape index (κ1) is 13.1. The van der Waals surface area contributed by atoms with Gasteiger partial charge in [0.25, 0.3) is 0 Å². The van der Waals surface area contributed by atoms with Gasteiger partial charge in [0.15, 0.2) is 0 Å². The van der Waals surface area contributed by atoms with Gasteiger partial charge in [-0.2, -0.15) is 0 Å². The number of thioether (sulfide) groups is 1. The first-order valence-corrected chi connectivity index (χ1v) is 6.35. The average Bonchev–Trinajstić information content (AvgIpc) is 2.34. The van der Waals surface area contributed by atoms with Gasteiger partial charge in [0, 0.05) is 17.2 Å². The van der Waals surface area contributed by atoms with Crippen molar-refractivity contribution < 1.29 is 4.79 Å². The van der Waals surface area contributed by atoms with Crippen LogP contribution < -0.4 is 10.6 Å². The van der Waals surface area contributed by atoms with Crippen molar-refractivity contribution in [2.75, 3.05) is 19.3 Å². The maximum absolute atomic E-state index is 11.4. The highest BCUT2D eigenvalue weighted by atomic mass is 32.2. The Hall–Kier alpha value is -1.00. The number of amides is 1. The minimum atomic E-state index is -0.123. The molecule has 0 spiro atoms. The molecule has 0 bridgehead atoms. The number of hydrogen-bond donors (Lipinski definition) is 2. The second-order valence-electron chi connectivity index (χ2n) is 3.46. The zero-order valence-corrected chi connectivity index (χ0v) is 10.5. The molecule has 16 heavy (non-hydrogen) atoms. The Morgan fingerprint density at radius 3 is 2.69 bits per heavy atom. The first-order chi connectivity index (χ1) is 7.74. The fourth-order valence-electron chi connectivity index (χ4n) is 1.14. The quantitative estimate of drug-likeness (QED) is 0.583. The molecule has 1 atom stereocenters. The second kappa shape index (κ2) is 7.30. The van der Waals surface area contributed by atoms with Gasteiger partial charge in [-0.05, 0) is 26.1 Å². The lowest BCUT2D eigenvalue weighted by molar-refractivity contribution is -0.122. The van der Waals surface area contributed by atoms with Crippen LogP contribution in [0.1, 0.15) is 6.92 Å². The number of carbonyl (C=O) groups is 1. The maximum Gasteiger partial charge on any atom is 0.236 e. The lowest BCUT2D eigenvalue weighted by Gasteiger charge is -2.10. The summed E-state index contributed by atoms with van der Waals surface area (Å²) in [5, 5.41) is 5.79. The van der Waals surface area contributed by atoms with Gasteiger partial charge < -0.3 is 10.6 Å². The summed E-state index contributed by atoms with van der Waals surface area (Å²) in [6, 6.07) is 10.1. The van der Waals surface area contributed by atoms with Crippen LogP contribution in [0.4, 0.5) is 0 Å². The molecule has 0 aliphatic heterocycles. The van der Waals surface area contributed by atoms with Crippen LogP contribution in [0.2, 0.25) is 0 Å². The van der Waals surface area contributed by atoms with Crippen molar-refractivity contribution in [1.29, 1.82) is 0 Å². The normalized spacial score (nSPS) is 12.1. The predicted octanol–water partition coefficient (Wildman–Crippen LogP) is 1.50. The Kier molecular flexibility index (Phi) is 5.96. The molecule has 4 heteroatoms. The van der Waals surface area contributed by atoms with Crippen LogP contribution in [-0.4, -0.2) is 31.3 Å². The highest BCUT2D eigenvalue weighted by molar-refractivity contribution is 7.99. The second-order valence-corrected chi connectivity index (χ2v) is 4.63. The van der Waals surface area contributed by atoms with Crippen molar-refractivity contribution in [3.8, 4) is 0 Å². The zero-order valence-electron chi connectivity index (χ0n) is 9.69. The molecule has 2 N–H and O–H groups in total. The number of hydrogen-bond acceptors (Lipinski definition) is 3. The van der Waals surface area contributed by atoms with Gasteiger partial charge in [0.05, 0.1) is 6.04 Å². The lowest BCUT2D eigenvalue weighted by atomic mass is 10.3. The van der Waals surface area contributed by atoms with Gasteiger partial charge in [-0.3, -0.25) is 4.79 Å². The smallest absolute Gasteiger partial charge is 0.236 e. The zero-order chi connectivity index (χ0) is 11.8. The van der Waals surface area contributed by atoms with Crippen LogP contribution in [0.15, 0.2) is 35.2 Å². The molecule has 88 valence electrons. The van der Waals surface area contributed by atoms with Crippen molar-refractivity contribution in [3.63, 3.8) is 0 Å². The summed E-state index contributed by atoms with van der Waals surface area (Å²) >= 11 is 1.75. The van der Waals surface area contributed by atoms with Crippen LogP contribution in [0.5, 0.6) is 0 Å². The lowest BCUT2D eigenvalue weighted by Crippen LogP contribution is -2.41. The number of benzene rings is 1. The maximum atomic E-state index is 11.4. The Bertz CT molecular complexity index is 316. The van der Waals surface area contributed by atoms with Crippen LogP contribution >= 0.6 is 11.8 Å². The summed E-state index contributed by atoms with van der Waals surface area (Å²) in [7, 11) is 1.78. The molecule has 0 radical (unpaired) electrons. The van der Waals surface area contributed by atoms with Gasteiger partial charge in [-0.15, -0.1) is 11.8 Å². The van der Waals surface area contributed by atoms with Crippen LogP contribution in [0, 0.1) is 0 Å². The summed E-state index contributed by atoms with van der Waals surface area (Å²) in [5.74, 6) is 0.947. The summed E-state index contributed by atoms with van der Waals surface area (Å²) < 4.78 is 0. The number of likely N-dealkylation sites (N-methyl/N-ethyl adjacent to an activating group) is 1. The molecule has 0 aromatic heterocycles. The largest absolute Gasteiger partial charge is 0.354 e. The molecule has 0 saturated heterocycles. The molecule has 0 heterocycles. The third-order valence-electron chi connectivity index (χ3n) is 2.24. The van der Waals surface area contributed by atoms with Crippen LogP contribution in [0.3, 0.4) is 0 Å². The monoisotopic (exact) mass is 238 g/mol. The van der Waals surface area contributed by atoms with Gasteiger partial charge in [-0.25, -0.2) is 0 Å². The first-order valence-electron chi connectivity index (χ1n) is 5.37. The third-order valence-corrected chi connectivity index (χ3v) is 3.25. The third kappa shape index (κ3) is 4.68. The van der Waals surface area contributed by atoms with E-state index in [2.05, 4.69) is 22.8 Å². The molecular weight excluding hydrogens is 220 g/mol. The molecule has 1 aromatic carbocycles. The van der Waals surface area contributed by atoms with Crippen molar-refractivity contribution in [1.82, 2.24) is 10.6 Å². The van der Waals surface area contributed by atoms with E-state index in [0.717, 1.165) is 5.75 Å². The molecule has 1 rings (SSSR count). The minimum Gasteiger partial charge on any atom is -0.354 e. The molecule has 1 amide bonds. The number of rotatable bonds is 6. The number of nitrogens with one attached hydrogen (secondary N) is 2. The Labute approximate surface area is 101 Å². The van der Waals surface area contributed by atoms with E-state index < -0.39 is 0 Å². The Morgan fingerprint density at radius 2 is 2.06 bits per heavy atom. The summed E-state index contributed by atoms with van der Waals surface area (Å²) in [4.78, 5) is 12.6. The van der Waals surface area contributed by atoms with E-state index in [1.54, 1.807) is 18.8 Å². The van der Waals surface area contributed by atoms with Crippen molar-refractivity contribution in [2.45, 2.75) is 17.9 Å². The van der Waals surface area contributed by atoms with Crippen molar-refractivity contribution in [2.24, 2.45) is 0 Å². The van der Waals surface area contributed by atoms with Crippen LogP contribution in [0.25, 0.3) is 0 Å². The van der Waals surface area contributed by atoms with Gasteiger partial charge in [-0.1, -0.05) is 18.2 Å². The summed E-state index contributed by atoms with van der Waals surface area (Å²) in [6.45, 7) is 2.55. The van der Waals surface area contributed by atoms with Crippen molar-refractivity contribution >= 4 is 17.7 Å². The van der Waals surface area contributed by atoms with E-state index in [4.69, 9.17) is 0 Å². The fraction of sp³-hybridized carbons (Fsp3) is 0.417. The Balaban J connectivity index is 2.15. The molecule has 1 aromatic rings. The molecular formula is C12H18N2OS. The average molecular weight is 238 g/mol. The van der Waals surface area contributed by atoms with Gasteiger partial charge in [0.1, 0.15) is 0 Å². The molecule has 1 unspecified atom stereocenters. The minimum absolute atomic E-state index is 0.0520. The fourth-order valence-corrected chi connectivity index (χ4v) is 1.93. The summed E-state index contributed by atoms with van der Waals surface area (Å²) in [5.41, 5.74) is 0. The van der Waals surface area contributed by atoms with E-state index in [9.17, 15) is 4.79 Å². The number of carbonyl (C=O) groups excluding carboxylic acids is 1. The Morgan fingerprint density at radius 1 is 1.38 bits per heavy atom. The predicted molar refractivity (Wildman–Crippen MR) is 68.7 cm³/mol. The highest BCUT2D eigenvalue weighted by Crippen LogP contribution is 2.15. The molecule has 0 fully saturated rings. The van der Waals surface area contributed by atoms with E-state index >= 15 is 0 Å². The molecule has 0 saturated carbocycles. The van der Waals surface area contributed by atoms with E-state index in [0.29, 0.717) is 6.54 Å². The SMILES string of the molecule is CNC(C)C(=O)NCCSc1ccccc1. The van der Waals surface area contributed by atoms with E-state index in [1.165, 1.54) is 4.90 Å². The topological polar surface area (TPSA) is 41.1 Å². The van der Waals surface area contributed by atoms with Gasteiger partial charge in [0.2, 0.25) is 5.91 Å².